The van der Waals surface area contributed by atoms with Gasteiger partial charge in [-0.15, -0.1) is 0 Å². The molecule has 136 valence electrons. The van der Waals surface area contributed by atoms with Crippen LogP contribution in [0.15, 0.2) is 33.8 Å². The highest BCUT2D eigenvalue weighted by atomic mass is 32.1. The number of nitrogens with one attached hydrogen (secondary N) is 1. The molecule has 0 atom stereocenters. The molecule has 6 nitrogen and oxygen atoms in total. The summed E-state index contributed by atoms with van der Waals surface area (Å²) in [6.07, 6.45) is 3.32. The van der Waals surface area contributed by atoms with Gasteiger partial charge in [0.05, 0.1) is 5.71 Å². The van der Waals surface area contributed by atoms with Crippen LogP contribution in [0, 0.1) is 6.92 Å². The Hall–Kier alpha value is -2.67. The van der Waals surface area contributed by atoms with Gasteiger partial charge < -0.3 is 14.9 Å². The zero-order valence-corrected chi connectivity index (χ0v) is 15.6. The summed E-state index contributed by atoms with van der Waals surface area (Å²) < 4.78 is 11.3. The molecule has 3 rings (SSSR count). The van der Waals surface area contributed by atoms with E-state index in [4.69, 9.17) is 27.1 Å². The van der Waals surface area contributed by atoms with E-state index in [0.29, 0.717) is 5.75 Å². The number of nitrogens with two attached hydrogens (primary N) is 1. The fourth-order valence-corrected chi connectivity index (χ4v) is 3.09. The largest absolute Gasteiger partial charge is 0.453 e. The summed E-state index contributed by atoms with van der Waals surface area (Å²) >= 11 is 4.80. The molecule has 1 heterocycles. The molecule has 7 heteroatoms. The smallest absolute Gasteiger partial charge is 0.379 e. The van der Waals surface area contributed by atoms with E-state index in [2.05, 4.69) is 17.5 Å². The molecular weight excluding hydrogens is 350 g/mol. The first-order valence-electron chi connectivity index (χ1n) is 8.55. The molecule has 0 fully saturated rings. The van der Waals surface area contributed by atoms with Gasteiger partial charge in [0, 0.05) is 17.5 Å². The average molecular weight is 371 g/mol. The molecule has 2 aromatic rings. The lowest BCUT2D eigenvalue weighted by molar-refractivity contribution is 0.0698. The van der Waals surface area contributed by atoms with Crippen LogP contribution in [0.2, 0.25) is 0 Å². The van der Waals surface area contributed by atoms with Crippen molar-refractivity contribution in [1.29, 1.82) is 0 Å². The topological polar surface area (TPSA) is 89.8 Å². The fourth-order valence-electron chi connectivity index (χ4n) is 3.04. The van der Waals surface area contributed by atoms with E-state index in [9.17, 15) is 4.79 Å². The Bertz CT molecular complexity index is 869. The highest BCUT2D eigenvalue weighted by Crippen LogP contribution is 2.30. The molecule has 0 radical (unpaired) electrons. The molecule has 26 heavy (non-hydrogen) atoms. The molecule has 0 aliphatic heterocycles. The maximum Gasteiger partial charge on any atom is 0.379 e. The standard InChI is InChI=1S/C19H21N3O3S/c1-3-12-7-9-13(10-8-12)24-18(23)17-11(2)16-14(21-22-19(20)26)5-4-6-15(16)25-17/h7-10H,3-6H2,1-2H3,(H3,20,22,26)/b21-14+. The van der Waals surface area contributed by atoms with E-state index in [0.717, 1.165) is 48.3 Å². The number of furan rings is 1. The van der Waals surface area contributed by atoms with Crippen LogP contribution in [0.5, 0.6) is 5.75 Å². The third-order valence-electron chi connectivity index (χ3n) is 4.35. The molecule has 0 bridgehead atoms. The Balaban J connectivity index is 1.85. The molecule has 0 saturated carbocycles. The minimum atomic E-state index is -0.511. The molecule has 0 amide bonds. The van der Waals surface area contributed by atoms with Gasteiger partial charge in [-0.1, -0.05) is 19.1 Å². The second-order valence-corrected chi connectivity index (χ2v) is 6.57. The highest BCUT2D eigenvalue weighted by molar-refractivity contribution is 7.80. The fraction of sp³-hybridized carbons (Fsp3) is 0.316. The lowest BCUT2D eigenvalue weighted by Gasteiger charge is -2.13. The number of carbonyl (C=O) groups is 1. The van der Waals surface area contributed by atoms with Crippen molar-refractivity contribution in [3.8, 4) is 5.75 Å². The van der Waals surface area contributed by atoms with Crippen LogP contribution in [0.1, 0.15) is 52.8 Å². The van der Waals surface area contributed by atoms with Gasteiger partial charge in [0.15, 0.2) is 5.11 Å². The summed E-state index contributed by atoms with van der Waals surface area (Å²) in [4.78, 5) is 12.6. The predicted octanol–water partition coefficient (Wildman–Crippen LogP) is 3.24. The number of hydrogen-bond acceptors (Lipinski definition) is 5. The second-order valence-electron chi connectivity index (χ2n) is 6.13. The summed E-state index contributed by atoms with van der Waals surface area (Å²) in [5.41, 5.74) is 11.6. The van der Waals surface area contributed by atoms with Crippen LogP contribution < -0.4 is 15.9 Å². The number of esters is 1. The van der Waals surface area contributed by atoms with Gasteiger partial charge in [-0.2, -0.15) is 5.10 Å². The lowest BCUT2D eigenvalue weighted by atomic mass is 9.93. The van der Waals surface area contributed by atoms with Crippen molar-refractivity contribution < 1.29 is 13.9 Å². The highest BCUT2D eigenvalue weighted by Gasteiger charge is 2.29. The Labute approximate surface area is 157 Å². The second kappa shape index (κ2) is 7.70. The van der Waals surface area contributed by atoms with Gasteiger partial charge in [-0.05, 0) is 56.1 Å². The van der Waals surface area contributed by atoms with Crippen LogP contribution in [-0.4, -0.2) is 16.8 Å². The predicted molar refractivity (Wildman–Crippen MR) is 104 cm³/mol. The van der Waals surface area contributed by atoms with Crippen LogP contribution in [0.25, 0.3) is 0 Å². The van der Waals surface area contributed by atoms with Gasteiger partial charge in [0.2, 0.25) is 5.76 Å². The maximum absolute atomic E-state index is 12.6. The van der Waals surface area contributed by atoms with E-state index in [1.165, 1.54) is 5.56 Å². The number of thiocarbonyl (C=S) groups is 1. The number of aryl methyl sites for hydroxylation is 2. The van der Waals surface area contributed by atoms with Crippen LogP contribution in [0.4, 0.5) is 0 Å². The van der Waals surface area contributed by atoms with Gasteiger partial charge >= 0.3 is 5.97 Å². The van der Waals surface area contributed by atoms with E-state index in [1.54, 1.807) is 12.1 Å². The molecule has 1 aliphatic carbocycles. The number of fused-ring (bicyclic) bond motifs is 1. The first-order chi connectivity index (χ1) is 12.5. The number of rotatable bonds is 4. The molecule has 3 N–H and O–H groups in total. The third-order valence-corrected chi connectivity index (χ3v) is 4.45. The van der Waals surface area contributed by atoms with Gasteiger partial charge in [-0.3, -0.25) is 5.43 Å². The summed E-state index contributed by atoms with van der Waals surface area (Å²) in [6, 6.07) is 7.45. The van der Waals surface area contributed by atoms with Crippen molar-refractivity contribution in [1.82, 2.24) is 5.43 Å². The molecule has 1 aromatic carbocycles. The molecule has 0 spiro atoms. The lowest BCUT2D eigenvalue weighted by Crippen LogP contribution is -2.26. The Kier molecular flexibility index (Phi) is 5.37. The van der Waals surface area contributed by atoms with E-state index in [-0.39, 0.29) is 10.9 Å². The molecule has 0 saturated heterocycles. The summed E-state index contributed by atoms with van der Waals surface area (Å²) in [5, 5.41) is 4.35. The average Bonchev–Trinajstić information content (AvgIpc) is 2.98. The van der Waals surface area contributed by atoms with Crippen LogP contribution >= 0.6 is 12.2 Å². The van der Waals surface area contributed by atoms with E-state index in [1.807, 2.05) is 19.1 Å². The maximum atomic E-state index is 12.6. The summed E-state index contributed by atoms with van der Waals surface area (Å²) in [7, 11) is 0. The third kappa shape index (κ3) is 3.77. The monoisotopic (exact) mass is 371 g/mol. The first-order valence-corrected chi connectivity index (χ1v) is 8.96. The van der Waals surface area contributed by atoms with E-state index >= 15 is 0 Å². The Morgan fingerprint density at radius 2 is 2.08 bits per heavy atom. The van der Waals surface area contributed by atoms with Crippen molar-refractivity contribution in [3.63, 3.8) is 0 Å². The number of hydrazone groups is 1. The van der Waals surface area contributed by atoms with Crippen molar-refractivity contribution in [3.05, 3.63) is 52.5 Å². The van der Waals surface area contributed by atoms with Crippen LogP contribution in [0.3, 0.4) is 0 Å². The van der Waals surface area contributed by atoms with Gasteiger partial charge in [0.25, 0.3) is 0 Å². The number of nitrogens with zero attached hydrogens (tertiary/aromatic N) is 1. The number of carbonyl (C=O) groups excluding carboxylic acids is 1. The number of ether oxygens (including phenoxy) is 1. The zero-order valence-electron chi connectivity index (χ0n) is 14.8. The molecule has 1 aromatic heterocycles. The van der Waals surface area contributed by atoms with Crippen molar-refractivity contribution in [2.24, 2.45) is 10.8 Å². The Morgan fingerprint density at radius 3 is 2.73 bits per heavy atom. The van der Waals surface area contributed by atoms with Crippen LogP contribution in [-0.2, 0) is 12.8 Å². The van der Waals surface area contributed by atoms with Crippen molar-refractivity contribution in [2.45, 2.75) is 39.5 Å². The SMILES string of the molecule is CCc1ccc(OC(=O)c2oc3c(c2C)/C(=N/NC(N)=S)CCC3)cc1. The normalized spacial score (nSPS) is 14.8. The molecule has 0 unspecified atom stereocenters. The van der Waals surface area contributed by atoms with Gasteiger partial charge in [-0.25, -0.2) is 4.79 Å². The zero-order chi connectivity index (χ0) is 18.7. The summed E-state index contributed by atoms with van der Waals surface area (Å²) in [5.74, 6) is 0.929. The number of hydrogen-bond donors (Lipinski definition) is 2. The minimum Gasteiger partial charge on any atom is -0.453 e. The molecule has 1 aliphatic rings. The van der Waals surface area contributed by atoms with Crippen molar-refractivity contribution >= 4 is 29.0 Å². The summed E-state index contributed by atoms with van der Waals surface area (Å²) in [6.45, 7) is 3.91. The molecular formula is C19H21N3O3S. The van der Waals surface area contributed by atoms with E-state index < -0.39 is 5.97 Å². The number of benzene rings is 1. The minimum absolute atomic E-state index is 0.0981. The quantitative estimate of drug-likeness (QED) is 0.371. The first kappa shape index (κ1) is 18.1. The van der Waals surface area contributed by atoms with Gasteiger partial charge in [0.1, 0.15) is 11.5 Å². The Morgan fingerprint density at radius 1 is 1.35 bits per heavy atom. The van der Waals surface area contributed by atoms with Crippen molar-refractivity contribution in [2.75, 3.05) is 0 Å².